The number of carbonyl (C=O) groups is 1. The van der Waals surface area contributed by atoms with E-state index >= 15 is 0 Å². The smallest absolute Gasteiger partial charge is 0.234 e. The third-order valence-electron chi connectivity index (χ3n) is 5.33. The van der Waals surface area contributed by atoms with Crippen molar-refractivity contribution in [3.05, 3.63) is 64.7 Å². The molecular formula is C21H23ClN2O2. The number of benzene rings is 2. The number of halogens is 1. The van der Waals surface area contributed by atoms with Gasteiger partial charge in [-0.1, -0.05) is 41.9 Å². The number of hydrogen-bond donors (Lipinski definition) is 1. The van der Waals surface area contributed by atoms with Crippen LogP contribution in [0.5, 0.6) is 5.75 Å². The Balaban J connectivity index is 1.32. The fraction of sp³-hybridized carbons (Fsp3) is 0.381. The molecule has 0 aromatic heterocycles. The van der Waals surface area contributed by atoms with E-state index in [1.165, 1.54) is 5.56 Å². The lowest BCUT2D eigenvalue weighted by molar-refractivity contribution is -0.122. The van der Waals surface area contributed by atoms with Crippen molar-refractivity contribution in [2.24, 2.45) is 0 Å². The Morgan fingerprint density at radius 2 is 1.92 bits per heavy atom. The maximum Gasteiger partial charge on any atom is 0.234 e. The summed E-state index contributed by atoms with van der Waals surface area (Å²) in [6, 6.07) is 16.0. The number of para-hydroxylation sites is 1. The summed E-state index contributed by atoms with van der Waals surface area (Å²) in [6.45, 7) is 3.19. The maximum absolute atomic E-state index is 12.5. The lowest BCUT2D eigenvalue weighted by Gasteiger charge is -2.21. The van der Waals surface area contributed by atoms with Gasteiger partial charge in [-0.15, -0.1) is 0 Å². The Bertz CT molecular complexity index is 787. The Kier molecular flexibility index (Phi) is 4.88. The molecule has 2 aromatic carbocycles. The lowest BCUT2D eigenvalue weighted by Crippen LogP contribution is -2.40. The van der Waals surface area contributed by atoms with Gasteiger partial charge < -0.3 is 10.1 Å². The van der Waals surface area contributed by atoms with E-state index in [-0.39, 0.29) is 11.3 Å². The molecule has 0 radical (unpaired) electrons. The average Bonchev–Trinajstić information content (AvgIpc) is 3.44. The number of nitrogens with one attached hydrogen (secondary N) is 1. The van der Waals surface area contributed by atoms with Crippen molar-refractivity contribution in [1.29, 1.82) is 0 Å². The predicted molar refractivity (Wildman–Crippen MR) is 103 cm³/mol. The van der Waals surface area contributed by atoms with Crippen LogP contribution in [0, 0.1) is 0 Å². The summed E-state index contributed by atoms with van der Waals surface area (Å²) in [5.41, 5.74) is 2.49. The molecule has 0 saturated heterocycles. The van der Waals surface area contributed by atoms with E-state index < -0.39 is 0 Å². The first-order chi connectivity index (χ1) is 12.6. The standard InChI is InChI=1S/C21H23ClN2O2/c22-18-7-5-17(6-8-18)21(9-10-21)15-23-20(25)14-24-11-12-26-19-4-2-1-3-16(19)13-24/h1-8H,9-15H2,(H,23,25). The first kappa shape index (κ1) is 17.4. The van der Waals surface area contributed by atoms with E-state index in [2.05, 4.69) is 28.4 Å². The highest BCUT2D eigenvalue weighted by atomic mass is 35.5. The Morgan fingerprint density at radius 3 is 2.69 bits per heavy atom. The molecule has 0 atom stereocenters. The van der Waals surface area contributed by atoms with Gasteiger partial charge in [0.2, 0.25) is 5.91 Å². The molecule has 4 nitrogen and oxygen atoms in total. The van der Waals surface area contributed by atoms with E-state index in [0.717, 1.165) is 42.3 Å². The minimum Gasteiger partial charge on any atom is -0.492 e. The van der Waals surface area contributed by atoms with Gasteiger partial charge in [0, 0.05) is 35.6 Å². The van der Waals surface area contributed by atoms with Crippen molar-refractivity contribution in [3.63, 3.8) is 0 Å². The molecule has 4 rings (SSSR count). The minimum atomic E-state index is 0.0737. The van der Waals surface area contributed by atoms with Gasteiger partial charge >= 0.3 is 0 Å². The van der Waals surface area contributed by atoms with E-state index in [1.54, 1.807) is 0 Å². The molecule has 2 aliphatic rings. The van der Waals surface area contributed by atoms with E-state index in [9.17, 15) is 4.79 Å². The number of amides is 1. The van der Waals surface area contributed by atoms with Crippen LogP contribution in [0.2, 0.25) is 5.02 Å². The van der Waals surface area contributed by atoms with E-state index in [4.69, 9.17) is 16.3 Å². The third-order valence-corrected chi connectivity index (χ3v) is 5.58. The molecule has 26 heavy (non-hydrogen) atoms. The second-order valence-corrected chi connectivity index (χ2v) is 7.67. The molecule has 2 aromatic rings. The molecule has 1 saturated carbocycles. The maximum atomic E-state index is 12.5. The molecule has 0 spiro atoms. The van der Waals surface area contributed by atoms with Crippen LogP contribution in [-0.4, -0.2) is 37.0 Å². The van der Waals surface area contributed by atoms with Crippen molar-refractivity contribution < 1.29 is 9.53 Å². The summed E-state index contributed by atoms with van der Waals surface area (Å²) >= 11 is 5.98. The number of fused-ring (bicyclic) bond motifs is 1. The quantitative estimate of drug-likeness (QED) is 0.877. The van der Waals surface area contributed by atoms with Crippen molar-refractivity contribution >= 4 is 17.5 Å². The molecule has 1 amide bonds. The molecule has 136 valence electrons. The van der Waals surface area contributed by atoms with Crippen LogP contribution in [0.4, 0.5) is 0 Å². The fourth-order valence-electron chi connectivity index (χ4n) is 3.56. The summed E-state index contributed by atoms with van der Waals surface area (Å²) in [5.74, 6) is 1.000. The van der Waals surface area contributed by atoms with Crippen LogP contribution < -0.4 is 10.1 Å². The number of hydrogen-bond acceptors (Lipinski definition) is 3. The molecule has 5 heteroatoms. The molecular weight excluding hydrogens is 348 g/mol. The van der Waals surface area contributed by atoms with Crippen LogP contribution in [0.1, 0.15) is 24.0 Å². The fourth-order valence-corrected chi connectivity index (χ4v) is 3.69. The SMILES string of the molecule is O=C(CN1CCOc2ccccc2C1)NCC1(c2ccc(Cl)cc2)CC1. The molecule has 1 aliphatic carbocycles. The number of nitrogens with zero attached hydrogens (tertiary/aromatic N) is 1. The van der Waals surface area contributed by atoms with E-state index in [0.29, 0.717) is 19.7 Å². The van der Waals surface area contributed by atoms with Gasteiger partial charge in [0.25, 0.3) is 0 Å². The average molecular weight is 371 g/mol. The second kappa shape index (κ2) is 7.29. The van der Waals surface area contributed by atoms with Crippen molar-refractivity contribution in [1.82, 2.24) is 10.2 Å². The normalized spacial score (nSPS) is 18.3. The summed E-state index contributed by atoms with van der Waals surface area (Å²) in [4.78, 5) is 14.6. The highest BCUT2D eigenvalue weighted by Gasteiger charge is 2.44. The number of rotatable bonds is 5. The van der Waals surface area contributed by atoms with Crippen LogP contribution in [0.3, 0.4) is 0 Å². The van der Waals surface area contributed by atoms with Gasteiger partial charge in [-0.05, 0) is 36.6 Å². The zero-order chi connectivity index (χ0) is 18.0. The summed E-state index contributed by atoms with van der Waals surface area (Å²) in [5, 5.41) is 3.88. The monoisotopic (exact) mass is 370 g/mol. The van der Waals surface area contributed by atoms with E-state index in [1.807, 2.05) is 30.3 Å². The van der Waals surface area contributed by atoms with Crippen molar-refractivity contribution in [3.8, 4) is 5.75 Å². The zero-order valence-electron chi connectivity index (χ0n) is 14.7. The Hall–Kier alpha value is -2.04. The lowest BCUT2D eigenvalue weighted by atomic mass is 9.96. The van der Waals surface area contributed by atoms with Crippen LogP contribution in [0.15, 0.2) is 48.5 Å². The van der Waals surface area contributed by atoms with Crippen molar-refractivity contribution in [2.75, 3.05) is 26.2 Å². The van der Waals surface area contributed by atoms with Crippen molar-refractivity contribution in [2.45, 2.75) is 24.8 Å². The van der Waals surface area contributed by atoms with Crippen LogP contribution in [-0.2, 0) is 16.8 Å². The van der Waals surface area contributed by atoms with Gasteiger partial charge in [-0.25, -0.2) is 0 Å². The van der Waals surface area contributed by atoms with Gasteiger partial charge in [-0.3, -0.25) is 9.69 Å². The first-order valence-electron chi connectivity index (χ1n) is 9.10. The summed E-state index contributed by atoms with van der Waals surface area (Å²) in [6.07, 6.45) is 2.22. The largest absolute Gasteiger partial charge is 0.492 e. The molecule has 1 fully saturated rings. The molecule has 1 aliphatic heterocycles. The third kappa shape index (κ3) is 3.87. The zero-order valence-corrected chi connectivity index (χ0v) is 15.5. The Labute approximate surface area is 159 Å². The van der Waals surface area contributed by atoms with Crippen LogP contribution >= 0.6 is 11.6 Å². The first-order valence-corrected chi connectivity index (χ1v) is 9.48. The molecule has 1 heterocycles. The second-order valence-electron chi connectivity index (χ2n) is 7.23. The minimum absolute atomic E-state index is 0.0737. The molecule has 1 N–H and O–H groups in total. The summed E-state index contributed by atoms with van der Waals surface area (Å²) in [7, 11) is 0. The topological polar surface area (TPSA) is 41.6 Å². The predicted octanol–water partition coefficient (Wildman–Crippen LogP) is 3.38. The number of ether oxygens (including phenoxy) is 1. The Morgan fingerprint density at radius 1 is 1.15 bits per heavy atom. The van der Waals surface area contributed by atoms with Gasteiger partial charge in [0.1, 0.15) is 12.4 Å². The van der Waals surface area contributed by atoms with Gasteiger partial charge in [-0.2, -0.15) is 0 Å². The number of carbonyl (C=O) groups excluding carboxylic acids is 1. The van der Waals surface area contributed by atoms with Gasteiger partial charge in [0.05, 0.1) is 6.54 Å². The molecule has 0 bridgehead atoms. The van der Waals surface area contributed by atoms with Crippen LogP contribution in [0.25, 0.3) is 0 Å². The molecule has 0 unspecified atom stereocenters. The highest BCUT2D eigenvalue weighted by molar-refractivity contribution is 6.30. The highest BCUT2D eigenvalue weighted by Crippen LogP contribution is 2.47. The van der Waals surface area contributed by atoms with Gasteiger partial charge in [0.15, 0.2) is 0 Å². The summed E-state index contributed by atoms with van der Waals surface area (Å²) < 4.78 is 5.77.